The van der Waals surface area contributed by atoms with Gasteiger partial charge in [-0.2, -0.15) is 0 Å². The third-order valence-corrected chi connectivity index (χ3v) is 4.85. The highest BCUT2D eigenvalue weighted by Gasteiger charge is 2.31. The van der Waals surface area contributed by atoms with Gasteiger partial charge in [0.15, 0.2) is 5.11 Å². The fourth-order valence-electron chi connectivity index (χ4n) is 2.83. The minimum absolute atomic E-state index is 0.138. The Kier molecular flexibility index (Phi) is 8.02. The SMILES string of the molecule is C=CCNC(=S)N1CCN([C@H](CC(=O)Nc2cccc(Cl)c2)C(=O)O)CC1. The number of piperazine rings is 1. The maximum absolute atomic E-state index is 12.3. The third-order valence-electron chi connectivity index (χ3n) is 4.21. The van der Waals surface area contributed by atoms with E-state index in [1.54, 1.807) is 35.2 Å². The highest BCUT2D eigenvalue weighted by Crippen LogP contribution is 2.16. The number of nitrogens with zero attached hydrogens (tertiary/aromatic N) is 2. The summed E-state index contributed by atoms with van der Waals surface area (Å²) in [7, 11) is 0. The summed E-state index contributed by atoms with van der Waals surface area (Å²) >= 11 is 11.2. The third kappa shape index (κ3) is 6.50. The van der Waals surface area contributed by atoms with E-state index in [0.29, 0.717) is 48.5 Å². The van der Waals surface area contributed by atoms with E-state index in [9.17, 15) is 14.7 Å². The summed E-state index contributed by atoms with van der Waals surface area (Å²) < 4.78 is 0. The second-order valence-electron chi connectivity index (χ2n) is 6.11. The van der Waals surface area contributed by atoms with Gasteiger partial charge in [-0.3, -0.25) is 14.5 Å². The molecule has 9 heteroatoms. The number of hydrogen-bond acceptors (Lipinski definition) is 4. The van der Waals surface area contributed by atoms with E-state index in [4.69, 9.17) is 23.8 Å². The lowest BCUT2D eigenvalue weighted by atomic mass is 10.1. The first-order chi connectivity index (χ1) is 12.9. The van der Waals surface area contributed by atoms with Crippen LogP contribution in [0.1, 0.15) is 6.42 Å². The number of carboxylic acids is 1. The Bertz CT molecular complexity index is 708. The number of aliphatic carboxylic acids is 1. The molecule has 1 aromatic rings. The number of carboxylic acid groups (broad SMARTS) is 1. The van der Waals surface area contributed by atoms with Crippen molar-refractivity contribution >= 4 is 46.5 Å². The Morgan fingerprint density at radius 3 is 2.63 bits per heavy atom. The van der Waals surface area contributed by atoms with Gasteiger partial charge in [0.25, 0.3) is 0 Å². The summed E-state index contributed by atoms with van der Waals surface area (Å²) in [6.45, 7) is 6.44. The Balaban J connectivity index is 1.90. The molecule has 1 saturated heterocycles. The van der Waals surface area contributed by atoms with Gasteiger partial charge >= 0.3 is 5.97 Å². The molecule has 7 nitrogen and oxygen atoms in total. The Labute approximate surface area is 169 Å². The lowest BCUT2D eigenvalue weighted by molar-refractivity contribution is -0.145. The molecule has 0 bridgehead atoms. The second-order valence-corrected chi connectivity index (χ2v) is 6.94. The van der Waals surface area contributed by atoms with Gasteiger partial charge < -0.3 is 20.6 Å². The van der Waals surface area contributed by atoms with E-state index in [2.05, 4.69) is 17.2 Å². The molecular formula is C18H23ClN4O3S. The maximum atomic E-state index is 12.3. The smallest absolute Gasteiger partial charge is 0.321 e. The Morgan fingerprint density at radius 1 is 1.33 bits per heavy atom. The molecule has 1 heterocycles. The zero-order valence-electron chi connectivity index (χ0n) is 14.9. The topological polar surface area (TPSA) is 84.9 Å². The molecule has 1 amide bonds. The molecule has 1 atom stereocenters. The first-order valence-electron chi connectivity index (χ1n) is 8.56. The van der Waals surface area contributed by atoms with Gasteiger partial charge in [-0.1, -0.05) is 23.7 Å². The van der Waals surface area contributed by atoms with Crippen LogP contribution in [0.25, 0.3) is 0 Å². The van der Waals surface area contributed by atoms with Gasteiger partial charge in [-0.05, 0) is 30.4 Å². The molecule has 1 aliphatic heterocycles. The van der Waals surface area contributed by atoms with Gasteiger partial charge in [0.2, 0.25) is 5.91 Å². The van der Waals surface area contributed by atoms with Crippen molar-refractivity contribution in [1.29, 1.82) is 0 Å². The van der Waals surface area contributed by atoms with Crippen molar-refractivity contribution in [1.82, 2.24) is 15.1 Å². The predicted molar refractivity (Wildman–Crippen MR) is 110 cm³/mol. The van der Waals surface area contributed by atoms with Gasteiger partial charge in [0.05, 0.1) is 6.42 Å². The fourth-order valence-corrected chi connectivity index (χ4v) is 3.29. The van der Waals surface area contributed by atoms with Crippen LogP contribution < -0.4 is 10.6 Å². The van der Waals surface area contributed by atoms with E-state index in [1.807, 2.05) is 4.90 Å². The van der Waals surface area contributed by atoms with Crippen LogP contribution in [0.5, 0.6) is 0 Å². The number of anilines is 1. The fraction of sp³-hybridized carbons (Fsp3) is 0.389. The maximum Gasteiger partial charge on any atom is 0.321 e. The van der Waals surface area contributed by atoms with E-state index >= 15 is 0 Å². The van der Waals surface area contributed by atoms with Crippen LogP contribution in [0.3, 0.4) is 0 Å². The van der Waals surface area contributed by atoms with Crippen molar-refractivity contribution < 1.29 is 14.7 Å². The molecule has 2 rings (SSSR count). The summed E-state index contributed by atoms with van der Waals surface area (Å²) in [4.78, 5) is 27.8. The lowest BCUT2D eigenvalue weighted by Gasteiger charge is -2.38. The molecule has 1 aliphatic rings. The van der Waals surface area contributed by atoms with Crippen LogP contribution in [-0.4, -0.2) is 70.7 Å². The highest BCUT2D eigenvalue weighted by atomic mass is 35.5. The number of thiocarbonyl (C=S) groups is 1. The number of halogens is 1. The number of carbonyl (C=O) groups excluding carboxylic acids is 1. The quantitative estimate of drug-likeness (QED) is 0.467. The Morgan fingerprint density at radius 2 is 2.04 bits per heavy atom. The van der Waals surface area contributed by atoms with Crippen LogP contribution in [-0.2, 0) is 9.59 Å². The van der Waals surface area contributed by atoms with Crippen LogP contribution >= 0.6 is 23.8 Å². The molecule has 1 aromatic carbocycles. The van der Waals surface area contributed by atoms with Crippen molar-refractivity contribution in [3.63, 3.8) is 0 Å². The lowest BCUT2D eigenvalue weighted by Crippen LogP contribution is -2.56. The number of amides is 1. The van der Waals surface area contributed by atoms with Crippen molar-refractivity contribution in [2.45, 2.75) is 12.5 Å². The monoisotopic (exact) mass is 410 g/mol. The number of carbonyl (C=O) groups is 2. The predicted octanol–water partition coefficient (Wildman–Crippen LogP) is 1.80. The average Bonchev–Trinajstić information content (AvgIpc) is 2.64. The molecule has 3 N–H and O–H groups in total. The first-order valence-corrected chi connectivity index (χ1v) is 9.35. The van der Waals surface area contributed by atoms with Gasteiger partial charge in [-0.25, -0.2) is 0 Å². The largest absolute Gasteiger partial charge is 0.480 e. The molecule has 0 unspecified atom stereocenters. The van der Waals surface area contributed by atoms with Gasteiger partial charge in [0.1, 0.15) is 6.04 Å². The van der Waals surface area contributed by atoms with Crippen molar-refractivity contribution in [3.8, 4) is 0 Å². The minimum Gasteiger partial charge on any atom is -0.480 e. The van der Waals surface area contributed by atoms with Crippen LogP contribution in [0, 0.1) is 0 Å². The zero-order chi connectivity index (χ0) is 19.8. The van der Waals surface area contributed by atoms with E-state index in [0.717, 1.165) is 0 Å². The minimum atomic E-state index is -1.02. The van der Waals surface area contributed by atoms with Crippen molar-refractivity contribution in [2.24, 2.45) is 0 Å². The first kappa shape index (κ1) is 21.1. The molecular weight excluding hydrogens is 388 g/mol. The molecule has 0 aliphatic carbocycles. The number of hydrogen-bond donors (Lipinski definition) is 3. The number of benzene rings is 1. The van der Waals surface area contributed by atoms with Crippen LogP contribution in [0.15, 0.2) is 36.9 Å². The van der Waals surface area contributed by atoms with Crippen LogP contribution in [0.4, 0.5) is 5.69 Å². The summed E-state index contributed by atoms with van der Waals surface area (Å²) in [6.07, 6.45) is 1.59. The van der Waals surface area contributed by atoms with Crippen LogP contribution in [0.2, 0.25) is 5.02 Å². The highest BCUT2D eigenvalue weighted by molar-refractivity contribution is 7.80. The van der Waals surface area contributed by atoms with E-state index in [-0.39, 0.29) is 12.3 Å². The van der Waals surface area contributed by atoms with Gasteiger partial charge in [-0.15, -0.1) is 6.58 Å². The molecule has 146 valence electrons. The molecule has 0 saturated carbocycles. The van der Waals surface area contributed by atoms with Crippen molar-refractivity contribution in [3.05, 3.63) is 41.9 Å². The summed E-state index contributed by atoms with van der Waals surface area (Å²) in [6, 6.07) is 5.85. The second kappa shape index (κ2) is 10.2. The molecule has 0 aromatic heterocycles. The molecule has 27 heavy (non-hydrogen) atoms. The number of nitrogens with one attached hydrogen (secondary N) is 2. The summed E-state index contributed by atoms with van der Waals surface area (Å²) in [5.74, 6) is -1.38. The normalized spacial score (nSPS) is 15.7. The summed E-state index contributed by atoms with van der Waals surface area (Å²) in [5, 5.41) is 16.5. The molecule has 0 spiro atoms. The molecule has 1 fully saturated rings. The molecule has 0 radical (unpaired) electrons. The summed E-state index contributed by atoms with van der Waals surface area (Å²) in [5.41, 5.74) is 0.542. The number of rotatable bonds is 7. The average molecular weight is 411 g/mol. The van der Waals surface area contributed by atoms with E-state index in [1.165, 1.54) is 0 Å². The van der Waals surface area contributed by atoms with E-state index < -0.39 is 12.0 Å². The van der Waals surface area contributed by atoms with Crippen molar-refractivity contribution in [2.75, 3.05) is 38.0 Å². The standard InChI is InChI=1S/C18H23ClN4O3S/c1-2-6-20-18(27)23-9-7-22(8-10-23)15(17(25)26)12-16(24)21-14-5-3-4-13(19)11-14/h2-5,11,15H,1,6-10,12H2,(H,20,27)(H,21,24)(H,25,26)/t15-/m1/s1. The van der Waals surface area contributed by atoms with Gasteiger partial charge in [0, 0.05) is 43.4 Å². The zero-order valence-corrected chi connectivity index (χ0v) is 16.4. The Hall–Kier alpha value is -2.16.